The largest absolute Gasteiger partial charge is 0.316 e. The van der Waals surface area contributed by atoms with E-state index >= 15 is 0 Å². The second-order valence-corrected chi connectivity index (χ2v) is 2.99. The average Bonchev–Trinajstić information content (AvgIpc) is 2.18. The molecule has 1 aromatic rings. The highest BCUT2D eigenvalue weighted by Gasteiger charge is 2.14. The smallest absolute Gasteiger partial charge is 0.254 e. The van der Waals surface area contributed by atoms with Gasteiger partial charge in [0.25, 0.3) is 5.91 Å². The first-order chi connectivity index (χ1) is 6.65. The van der Waals surface area contributed by atoms with E-state index < -0.39 is 11.9 Å². The lowest BCUT2D eigenvalue weighted by molar-refractivity contribution is -0.121. The Bertz CT molecular complexity index is 364. The van der Waals surface area contributed by atoms with Crippen LogP contribution in [-0.2, 0) is 4.79 Å². The number of rotatable bonds is 2. The summed E-state index contributed by atoms with van der Waals surface area (Å²) >= 11 is 0. The minimum Gasteiger partial charge on any atom is -0.316 e. The monoisotopic (exact) mass is 189 g/mol. The van der Waals surface area contributed by atoms with Gasteiger partial charge in [-0.25, -0.2) is 0 Å². The van der Waals surface area contributed by atoms with Crippen LogP contribution in [0.2, 0.25) is 0 Å². The number of carbonyl (C=O) groups excluding carboxylic acids is 1. The van der Waals surface area contributed by atoms with Crippen molar-refractivity contribution in [1.82, 2.24) is 5.32 Å². The third kappa shape index (κ3) is 2.31. The maximum Gasteiger partial charge on any atom is 0.254 e. The molecular formula is C10H11N3O. The number of aryl methyl sites for hydroxylation is 1. The van der Waals surface area contributed by atoms with Crippen molar-refractivity contribution in [3.63, 3.8) is 0 Å². The molecule has 0 heterocycles. The second kappa shape index (κ2) is 4.40. The van der Waals surface area contributed by atoms with Crippen molar-refractivity contribution in [2.45, 2.75) is 13.0 Å². The summed E-state index contributed by atoms with van der Waals surface area (Å²) in [7, 11) is 0. The van der Waals surface area contributed by atoms with E-state index in [1.54, 1.807) is 18.3 Å². The highest BCUT2D eigenvalue weighted by atomic mass is 16.2. The van der Waals surface area contributed by atoms with Gasteiger partial charge in [-0.3, -0.25) is 10.1 Å². The molecule has 0 fully saturated rings. The van der Waals surface area contributed by atoms with Crippen LogP contribution in [0.4, 0.5) is 0 Å². The minimum atomic E-state index is -0.782. The predicted molar refractivity (Wildman–Crippen MR) is 51.9 cm³/mol. The highest BCUT2D eigenvalue weighted by molar-refractivity contribution is 5.84. The summed E-state index contributed by atoms with van der Waals surface area (Å²) < 4.78 is 0. The summed E-state index contributed by atoms with van der Waals surface area (Å²) in [5, 5.41) is 10.2. The van der Waals surface area contributed by atoms with Gasteiger partial charge in [-0.1, -0.05) is 29.8 Å². The number of nitrogens with zero attached hydrogens (tertiary/aromatic N) is 1. The van der Waals surface area contributed by atoms with E-state index in [2.05, 4.69) is 0 Å². The quantitative estimate of drug-likeness (QED) is 0.528. The SMILES string of the molecule is Cc1ccc(C(N)C(=O)NC#N)cc1. The van der Waals surface area contributed by atoms with Gasteiger partial charge in [-0.15, -0.1) is 0 Å². The standard InChI is InChI=1S/C10H11N3O/c1-7-2-4-8(5-3-7)9(12)10(14)13-6-11/h2-5,9H,12H2,1H3,(H,13,14). The minimum absolute atomic E-state index is 0.489. The molecule has 4 heteroatoms. The maximum atomic E-state index is 11.2. The number of nitrogens with two attached hydrogens (primary N) is 1. The van der Waals surface area contributed by atoms with Crippen LogP contribution in [0.25, 0.3) is 0 Å². The number of nitriles is 1. The van der Waals surface area contributed by atoms with Crippen LogP contribution in [0.3, 0.4) is 0 Å². The lowest BCUT2D eigenvalue weighted by Gasteiger charge is -2.08. The maximum absolute atomic E-state index is 11.2. The van der Waals surface area contributed by atoms with E-state index in [0.717, 1.165) is 5.56 Å². The fraction of sp³-hybridized carbons (Fsp3) is 0.200. The molecule has 4 nitrogen and oxygen atoms in total. The van der Waals surface area contributed by atoms with E-state index in [-0.39, 0.29) is 0 Å². The van der Waals surface area contributed by atoms with E-state index in [1.807, 2.05) is 24.4 Å². The van der Waals surface area contributed by atoms with Gasteiger partial charge in [0.1, 0.15) is 6.04 Å². The summed E-state index contributed by atoms with van der Waals surface area (Å²) in [6.07, 6.45) is 1.55. The van der Waals surface area contributed by atoms with Gasteiger partial charge < -0.3 is 5.73 Å². The molecule has 14 heavy (non-hydrogen) atoms. The third-order valence-corrected chi connectivity index (χ3v) is 1.90. The number of amides is 1. The van der Waals surface area contributed by atoms with Crippen LogP contribution in [0.1, 0.15) is 17.2 Å². The van der Waals surface area contributed by atoms with Gasteiger partial charge in [0.15, 0.2) is 6.19 Å². The zero-order valence-electron chi connectivity index (χ0n) is 7.82. The molecule has 3 N–H and O–H groups in total. The molecule has 0 radical (unpaired) electrons. The molecule has 0 spiro atoms. The zero-order valence-corrected chi connectivity index (χ0v) is 7.82. The highest BCUT2D eigenvalue weighted by Crippen LogP contribution is 2.10. The molecule has 1 unspecified atom stereocenters. The Balaban J connectivity index is 2.80. The molecule has 0 aliphatic carbocycles. The summed E-state index contributed by atoms with van der Waals surface area (Å²) in [6.45, 7) is 1.95. The fourth-order valence-electron chi connectivity index (χ4n) is 1.06. The van der Waals surface area contributed by atoms with Crippen molar-refractivity contribution < 1.29 is 4.79 Å². The van der Waals surface area contributed by atoms with Crippen molar-refractivity contribution in [2.24, 2.45) is 5.73 Å². The van der Waals surface area contributed by atoms with Gasteiger partial charge >= 0.3 is 0 Å². The van der Waals surface area contributed by atoms with E-state index in [4.69, 9.17) is 11.0 Å². The number of nitrogens with one attached hydrogen (secondary N) is 1. The molecule has 1 amide bonds. The summed E-state index contributed by atoms with van der Waals surface area (Å²) in [4.78, 5) is 11.2. The lowest BCUT2D eigenvalue weighted by atomic mass is 10.1. The molecule has 1 aromatic carbocycles. The van der Waals surface area contributed by atoms with Gasteiger partial charge in [0, 0.05) is 0 Å². The first-order valence-corrected chi connectivity index (χ1v) is 4.16. The van der Waals surface area contributed by atoms with Crippen LogP contribution >= 0.6 is 0 Å². The number of hydrogen-bond donors (Lipinski definition) is 2. The van der Waals surface area contributed by atoms with Crippen LogP contribution in [0.5, 0.6) is 0 Å². The molecule has 0 bridgehead atoms. The molecule has 0 saturated heterocycles. The normalized spacial score (nSPS) is 11.5. The van der Waals surface area contributed by atoms with Gasteiger partial charge in [-0.05, 0) is 12.5 Å². The molecule has 1 atom stereocenters. The van der Waals surface area contributed by atoms with Crippen molar-refractivity contribution in [1.29, 1.82) is 5.26 Å². The van der Waals surface area contributed by atoms with Crippen LogP contribution in [-0.4, -0.2) is 5.91 Å². The zero-order chi connectivity index (χ0) is 10.6. The first-order valence-electron chi connectivity index (χ1n) is 4.16. The lowest BCUT2D eigenvalue weighted by Crippen LogP contribution is -2.30. The number of hydrogen-bond acceptors (Lipinski definition) is 3. The Hall–Kier alpha value is -1.86. The summed E-state index contributed by atoms with van der Waals surface area (Å²) in [5.41, 5.74) is 7.41. The van der Waals surface area contributed by atoms with Crippen LogP contribution in [0.15, 0.2) is 24.3 Å². The second-order valence-electron chi connectivity index (χ2n) is 2.99. The Morgan fingerprint density at radius 3 is 2.57 bits per heavy atom. The van der Waals surface area contributed by atoms with Gasteiger partial charge in [0.2, 0.25) is 0 Å². The van der Waals surface area contributed by atoms with E-state index in [9.17, 15) is 4.79 Å². The topological polar surface area (TPSA) is 78.9 Å². The van der Waals surface area contributed by atoms with E-state index in [0.29, 0.717) is 5.56 Å². The molecule has 0 aromatic heterocycles. The van der Waals surface area contributed by atoms with Crippen molar-refractivity contribution in [3.8, 4) is 6.19 Å². The molecular weight excluding hydrogens is 178 g/mol. The number of carbonyl (C=O) groups is 1. The Kier molecular flexibility index (Phi) is 3.21. The average molecular weight is 189 g/mol. The van der Waals surface area contributed by atoms with Gasteiger partial charge in [0.05, 0.1) is 0 Å². The van der Waals surface area contributed by atoms with Crippen molar-refractivity contribution in [2.75, 3.05) is 0 Å². The summed E-state index contributed by atoms with van der Waals surface area (Å²) in [5.74, 6) is -0.489. The fourth-order valence-corrected chi connectivity index (χ4v) is 1.06. The van der Waals surface area contributed by atoms with Crippen molar-refractivity contribution >= 4 is 5.91 Å². The van der Waals surface area contributed by atoms with Gasteiger partial charge in [-0.2, -0.15) is 5.26 Å². The number of benzene rings is 1. The van der Waals surface area contributed by atoms with E-state index in [1.165, 1.54) is 0 Å². The molecule has 0 aliphatic rings. The van der Waals surface area contributed by atoms with Crippen LogP contribution in [0, 0.1) is 18.4 Å². The van der Waals surface area contributed by atoms with Crippen LogP contribution < -0.4 is 11.1 Å². The Morgan fingerprint density at radius 1 is 1.50 bits per heavy atom. The third-order valence-electron chi connectivity index (χ3n) is 1.90. The molecule has 72 valence electrons. The predicted octanol–water partition coefficient (Wildman–Crippen LogP) is 0.592. The van der Waals surface area contributed by atoms with Crippen molar-refractivity contribution in [3.05, 3.63) is 35.4 Å². The molecule has 1 rings (SSSR count). The Morgan fingerprint density at radius 2 is 2.07 bits per heavy atom. The summed E-state index contributed by atoms with van der Waals surface area (Å²) in [6, 6.07) is 6.51. The molecule has 0 saturated carbocycles. The Labute approximate surface area is 82.3 Å². The first kappa shape index (κ1) is 10.2. The molecule has 0 aliphatic heterocycles.